The summed E-state index contributed by atoms with van der Waals surface area (Å²) in [6, 6.07) is 16.4. The normalized spacial score (nSPS) is 16.7. The molecule has 2 heterocycles. The number of Topliss-reactive ketones (excluding diaryl/α,β-unsaturated/α-hetero) is 1. The number of aryl methyl sites for hydroxylation is 4. The second-order valence-corrected chi connectivity index (χ2v) is 11.5. The molecular weight excluding hydrogens is 520 g/mol. The fraction of sp³-hybridized carbons (Fsp3) is 0.303. The van der Waals surface area contributed by atoms with E-state index in [9.17, 15) is 14.7 Å². The highest BCUT2D eigenvalue weighted by atomic mass is 32.1. The number of hydrogen-bond acceptors (Lipinski definition) is 6. The van der Waals surface area contributed by atoms with E-state index >= 15 is 0 Å². The third kappa shape index (κ3) is 5.13. The maximum absolute atomic E-state index is 13.7. The number of anilines is 1. The standard InChI is InChI=1S/C33H34N2O4S/c1-6-7-8-15-39-24-13-11-23(12-14-24)29-27(30(36)25-17-19(2)9-10-21(25)4)31(37)32(38)35(29)33-34-28-22(5)16-20(3)18-26(28)40-33/h9-14,16-18,29,36H,6-8,15H2,1-5H3/b30-27+. The number of fused-ring (bicyclic) bond motifs is 1. The van der Waals surface area contributed by atoms with Crippen molar-refractivity contribution < 1.29 is 19.4 Å². The number of unbranched alkanes of at least 4 members (excludes halogenated alkanes) is 2. The van der Waals surface area contributed by atoms with Crippen molar-refractivity contribution in [1.82, 2.24) is 4.98 Å². The molecule has 0 aliphatic carbocycles. The third-order valence-corrected chi connectivity index (χ3v) is 8.33. The first-order valence-electron chi connectivity index (χ1n) is 13.7. The first-order chi connectivity index (χ1) is 19.2. The van der Waals surface area contributed by atoms with Gasteiger partial charge < -0.3 is 9.84 Å². The lowest BCUT2D eigenvalue weighted by atomic mass is 9.93. The van der Waals surface area contributed by atoms with E-state index in [1.165, 1.54) is 16.2 Å². The van der Waals surface area contributed by atoms with E-state index in [1.54, 1.807) is 0 Å². The van der Waals surface area contributed by atoms with Crippen molar-refractivity contribution in [2.75, 3.05) is 11.5 Å². The molecule has 4 aromatic rings. The van der Waals surface area contributed by atoms with Crippen molar-refractivity contribution in [3.63, 3.8) is 0 Å². The maximum Gasteiger partial charge on any atom is 0.301 e. The first kappa shape index (κ1) is 27.6. The van der Waals surface area contributed by atoms with Gasteiger partial charge in [-0.05, 0) is 80.6 Å². The van der Waals surface area contributed by atoms with Crippen LogP contribution in [0.3, 0.4) is 0 Å². The topological polar surface area (TPSA) is 79.7 Å². The van der Waals surface area contributed by atoms with Crippen LogP contribution in [0.15, 0.2) is 60.2 Å². The number of ether oxygens (including phenoxy) is 1. The van der Waals surface area contributed by atoms with Crippen molar-refractivity contribution in [3.8, 4) is 5.75 Å². The molecule has 7 heteroatoms. The molecule has 1 fully saturated rings. The molecule has 0 saturated carbocycles. The Bertz CT molecular complexity index is 1630. The highest BCUT2D eigenvalue weighted by molar-refractivity contribution is 7.22. The summed E-state index contributed by atoms with van der Waals surface area (Å²) in [7, 11) is 0. The summed E-state index contributed by atoms with van der Waals surface area (Å²) in [5, 5.41) is 12.0. The summed E-state index contributed by atoms with van der Waals surface area (Å²) in [6.45, 7) is 10.6. The van der Waals surface area contributed by atoms with Crippen LogP contribution in [0.5, 0.6) is 5.75 Å². The lowest BCUT2D eigenvalue weighted by Crippen LogP contribution is -2.29. The van der Waals surface area contributed by atoms with E-state index in [0.29, 0.717) is 22.9 Å². The van der Waals surface area contributed by atoms with Gasteiger partial charge in [0.05, 0.1) is 28.4 Å². The molecule has 0 spiro atoms. The van der Waals surface area contributed by atoms with Gasteiger partial charge in [-0.2, -0.15) is 0 Å². The number of carbonyl (C=O) groups excluding carboxylic acids is 2. The molecule has 1 aliphatic heterocycles. The number of aliphatic hydroxyl groups is 1. The molecule has 1 aliphatic rings. The van der Waals surface area contributed by atoms with Gasteiger partial charge in [0.2, 0.25) is 0 Å². The highest BCUT2D eigenvalue weighted by Gasteiger charge is 2.48. The number of carbonyl (C=O) groups is 2. The zero-order valence-corrected chi connectivity index (χ0v) is 24.4. The van der Waals surface area contributed by atoms with Gasteiger partial charge in [0.25, 0.3) is 5.78 Å². The van der Waals surface area contributed by atoms with E-state index < -0.39 is 17.7 Å². The molecule has 1 aromatic heterocycles. The molecule has 1 N–H and O–H groups in total. The summed E-state index contributed by atoms with van der Waals surface area (Å²) in [5.41, 5.74) is 5.95. The Kier molecular flexibility index (Phi) is 7.76. The largest absolute Gasteiger partial charge is 0.507 e. The Labute approximate surface area is 238 Å². The summed E-state index contributed by atoms with van der Waals surface area (Å²) in [6.07, 6.45) is 3.20. The number of aromatic nitrogens is 1. The molecular formula is C33H34N2O4S. The van der Waals surface area contributed by atoms with Crippen LogP contribution < -0.4 is 9.64 Å². The van der Waals surface area contributed by atoms with Crippen LogP contribution in [0.1, 0.15) is 65.6 Å². The van der Waals surface area contributed by atoms with Crippen LogP contribution in [0.4, 0.5) is 5.13 Å². The number of thiazole rings is 1. The van der Waals surface area contributed by atoms with Gasteiger partial charge in [-0.25, -0.2) is 4.98 Å². The number of ketones is 1. The van der Waals surface area contributed by atoms with Crippen LogP contribution in [-0.2, 0) is 9.59 Å². The molecule has 1 saturated heterocycles. The van der Waals surface area contributed by atoms with Crippen molar-refractivity contribution in [2.45, 2.75) is 59.9 Å². The van der Waals surface area contributed by atoms with E-state index in [4.69, 9.17) is 9.72 Å². The molecule has 3 aromatic carbocycles. The van der Waals surface area contributed by atoms with Crippen LogP contribution >= 0.6 is 11.3 Å². The average Bonchev–Trinajstić information content (AvgIpc) is 3.46. The lowest BCUT2D eigenvalue weighted by molar-refractivity contribution is -0.132. The molecule has 0 bridgehead atoms. The summed E-state index contributed by atoms with van der Waals surface area (Å²) < 4.78 is 6.84. The van der Waals surface area contributed by atoms with Gasteiger partial charge in [0.1, 0.15) is 11.5 Å². The number of nitrogens with zero attached hydrogens (tertiary/aromatic N) is 2. The second kappa shape index (κ2) is 11.3. The lowest BCUT2D eigenvalue weighted by Gasteiger charge is -2.23. The number of hydrogen-bond donors (Lipinski definition) is 1. The van der Waals surface area contributed by atoms with Crippen molar-refractivity contribution in [1.29, 1.82) is 0 Å². The fourth-order valence-corrected chi connectivity index (χ4v) is 6.40. The second-order valence-electron chi connectivity index (χ2n) is 10.5. The predicted octanol–water partition coefficient (Wildman–Crippen LogP) is 7.73. The smallest absolute Gasteiger partial charge is 0.301 e. The van der Waals surface area contributed by atoms with E-state index in [0.717, 1.165) is 57.5 Å². The van der Waals surface area contributed by atoms with Crippen LogP contribution in [0.2, 0.25) is 0 Å². The Balaban J connectivity index is 1.65. The van der Waals surface area contributed by atoms with Crippen molar-refractivity contribution in [3.05, 3.63) is 93.6 Å². The van der Waals surface area contributed by atoms with Gasteiger partial charge in [-0.15, -0.1) is 0 Å². The molecule has 0 radical (unpaired) electrons. The predicted molar refractivity (Wildman–Crippen MR) is 161 cm³/mol. The average molecular weight is 555 g/mol. The Hall–Kier alpha value is -3.97. The molecule has 6 nitrogen and oxygen atoms in total. The molecule has 1 unspecified atom stereocenters. The number of rotatable bonds is 8. The molecule has 1 atom stereocenters. The minimum atomic E-state index is -0.837. The monoisotopic (exact) mass is 554 g/mol. The summed E-state index contributed by atoms with van der Waals surface area (Å²) in [4.78, 5) is 33.5. The van der Waals surface area contributed by atoms with E-state index in [1.807, 2.05) is 76.2 Å². The summed E-state index contributed by atoms with van der Waals surface area (Å²) >= 11 is 1.37. The number of aliphatic hydroxyl groups excluding tert-OH is 1. The number of benzene rings is 3. The Morgan fingerprint density at radius 2 is 1.70 bits per heavy atom. The SMILES string of the molecule is CCCCCOc1ccc(C2/C(=C(\O)c3cc(C)ccc3C)C(=O)C(=O)N2c2nc3c(C)cc(C)cc3s2)cc1. The minimum absolute atomic E-state index is 0.0578. The highest BCUT2D eigenvalue weighted by Crippen LogP contribution is 2.45. The molecule has 206 valence electrons. The maximum atomic E-state index is 13.7. The quantitative estimate of drug-likeness (QED) is 0.104. The van der Waals surface area contributed by atoms with Gasteiger partial charge in [0, 0.05) is 5.56 Å². The van der Waals surface area contributed by atoms with Crippen molar-refractivity contribution in [2.24, 2.45) is 0 Å². The van der Waals surface area contributed by atoms with Crippen LogP contribution in [0, 0.1) is 27.7 Å². The van der Waals surface area contributed by atoms with Gasteiger partial charge in [-0.1, -0.05) is 67.0 Å². The number of amides is 1. The van der Waals surface area contributed by atoms with Gasteiger partial charge in [-0.3, -0.25) is 14.5 Å². The Morgan fingerprint density at radius 3 is 2.42 bits per heavy atom. The van der Waals surface area contributed by atoms with Gasteiger partial charge >= 0.3 is 5.91 Å². The molecule has 1 amide bonds. The Morgan fingerprint density at radius 1 is 0.950 bits per heavy atom. The van der Waals surface area contributed by atoms with Crippen LogP contribution in [-0.4, -0.2) is 28.4 Å². The minimum Gasteiger partial charge on any atom is -0.507 e. The van der Waals surface area contributed by atoms with E-state index in [2.05, 4.69) is 13.0 Å². The van der Waals surface area contributed by atoms with Crippen LogP contribution in [0.25, 0.3) is 16.0 Å². The van der Waals surface area contributed by atoms with Gasteiger partial charge in [0.15, 0.2) is 5.13 Å². The zero-order chi connectivity index (χ0) is 28.6. The van der Waals surface area contributed by atoms with Crippen molar-refractivity contribution >= 4 is 44.1 Å². The van der Waals surface area contributed by atoms with E-state index in [-0.39, 0.29) is 11.3 Å². The molecule has 40 heavy (non-hydrogen) atoms. The fourth-order valence-electron chi connectivity index (χ4n) is 5.23. The third-order valence-electron chi connectivity index (χ3n) is 7.33. The molecule has 5 rings (SSSR count). The summed E-state index contributed by atoms with van der Waals surface area (Å²) in [5.74, 6) is -0.891. The first-order valence-corrected chi connectivity index (χ1v) is 14.5. The zero-order valence-electron chi connectivity index (χ0n) is 23.6.